The zero-order valence-corrected chi connectivity index (χ0v) is 9.04. The quantitative estimate of drug-likeness (QED) is 0.723. The average molecular weight is 235 g/mol. The van der Waals surface area contributed by atoms with Gasteiger partial charge in [0, 0.05) is 6.04 Å². The summed E-state index contributed by atoms with van der Waals surface area (Å²) in [5.74, 6) is -2.66. The van der Waals surface area contributed by atoms with Gasteiger partial charge in [0.1, 0.15) is 6.04 Å². The maximum absolute atomic E-state index is 11.1. The van der Waals surface area contributed by atoms with E-state index in [2.05, 4.69) is 5.32 Å². The molecule has 17 heavy (non-hydrogen) atoms. The molecule has 1 aromatic rings. The predicted molar refractivity (Wildman–Crippen MR) is 59.5 cm³/mol. The topological polar surface area (TPSA) is 86.6 Å². The molecule has 0 bridgehead atoms. The Morgan fingerprint density at radius 3 is 2.29 bits per heavy atom. The summed E-state index contributed by atoms with van der Waals surface area (Å²) < 4.78 is 0. The second-order valence-electron chi connectivity index (χ2n) is 4.13. The van der Waals surface area contributed by atoms with E-state index in [-0.39, 0.29) is 6.42 Å². The van der Waals surface area contributed by atoms with Crippen molar-refractivity contribution in [3.8, 4) is 0 Å². The molecule has 0 spiro atoms. The Hall–Kier alpha value is -1.88. The zero-order chi connectivity index (χ0) is 12.4. The molecule has 0 amide bonds. The highest BCUT2D eigenvalue weighted by atomic mass is 16.4. The molecule has 3 atom stereocenters. The van der Waals surface area contributed by atoms with Gasteiger partial charge in [0.05, 0.1) is 5.92 Å². The molecule has 1 aliphatic heterocycles. The summed E-state index contributed by atoms with van der Waals surface area (Å²) in [6.07, 6.45) is 0.115. The third-order valence-electron chi connectivity index (χ3n) is 3.05. The SMILES string of the molecule is O=C(O)[C@@H]1C[C@@H](C(=O)O)[C@@H](c2ccccc2)N1. The van der Waals surface area contributed by atoms with Gasteiger partial charge in [0.2, 0.25) is 0 Å². The molecule has 1 saturated heterocycles. The van der Waals surface area contributed by atoms with Gasteiger partial charge in [0.15, 0.2) is 0 Å². The van der Waals surface area contributed by atoms with Gasteiger partial charge in [-0.3, -0.25) is 14.9 Å². The smallest absolute Gasteiger partial charge is 0.320 e. The third-order valence-corrected chi connectivity index (χ3v) is 3.05. The van der Waals surface area contributed by atoms with E-state index in [9.17, 15) is 9.59 Å². The first-order valence-corrected chi connectivity index (χ1v) is 5.36. The number of benzene rings is 1. The molecule has 1 aromatic carbocycles. The fourth-order valence-electron chi connectivity index (χ4n) is 2.20. The first-order chi connectivity index (χ1) is 8.09. The van der Waals surface area contributed by atoms with Crippen molar-refractivity contribution in [2.24, 2.45) is 5.92 Å². The van der Waals surface area contributed by atoms with E-state index in [1.807, 2.05) is 18.2 Å². The molecule has 1 aliphatic rings. The Labute approximate surface area is 98.1 Å². The van der Waals surface area contributed by atoms with Gasteiger partial charge in [0.25, 0.3) is 0 Å². The van der Waals surface area contributed by atoms with Gasteiger partial charge in [-0.25, -0.2) is 0 Å². The summed E-state index contributed by atoms with van der Waals surface area (Å²) >= 11 is 0. The number of hydrogen-bond donors (Lipinski definition) is 3. The monoisotopic (exact) mass is 235 g/mol. The molecule has 2 rings (SSSR count). The average Bonchev–Trinajstić information content (AvgIpc) is 2.75. The maximum Gasteiger partial charge on any atom is 0.320 e. The second-order valence-corrected chi connectivity index (χ2v) is 4.13. The molecule has 5 heteroatoms. The predicted octanol–water partition coefficient (Wildman–Crippen LogP) is 0.875. The van der Waals surface area contributed by atoms with Gasteiger partial charge in [-0.1, -0.05) is 30.3 Å². The highest BCUT2D eigenvalue weighted by Gasteiger charge is 2.41. The van der Waals surface area contributed by atoms with Gasteiger partial charge < -0.3 is 10.2 Å². The van der Waals surface area contributed by atoms with Crippen molar-refractivity contribution < 1.29 is 19.8 Å². The van der Waals surface area contributed by atoms with Crippen molar-refractivity contribution >= 4 is 11.9 Å². The fourth-order valence-corrected chi connectivity index (χ4v) is 2.20. The highest BCUT2D eigenvalue weighted by Crippen LogP contribution is 2.32. The van der Waals surface area contributed by atoms with Crippen molar-refractivity contribution in [2.45, 2.75) is 18.5 Å². The van der Waals surface area contributed by atoms with E-state index in [0.717, 1.165) is 5.56 Å². The lowest BCUT2D eigenvalue weighted by Gasteiger charge is -2.16. The molecule has 0 unspecified atom stereocenters. The zero-order valence-electron chi connectivity index (χ0n) is 9.04. The van der Waals surface area contributed by atoms with Crippen LogP contribution in [0.3, 0.4) is 0 Å². The molecular weight excluding hydrogens is 222 g/mol. The number of rotatable bonds is 3. The second kappa shape index (κ2) is 4.55. The Bertz CT molecular complexity index is 431. The minimum atomic E-state index is -1.00. The number of hydrogen-bond acceptors (Lipinski definition) is 3. The Balaban J connectivity index is 2.26. The lowest BCUT2D eigenvalue weighted by molar-refractivity contribution is -0.142. The summed E-state index contributed by atoms with van der Waals surface area (Å²) in [7, 11) is 0. The van der Waals surface area contributed by atoms with Crippen LogP contribution in [0.4, 0.5) is 0 Å². The molecule has 0 aromatic heterocycles. The molecule has 1 fully saturated rings. The van der Waals surface area contributed by atoms with Gasteiger partial charge in [-0.15, -0.1) is 0 Å². The van der Waals surface area contributed by atoms with Crippen molar-refractivity contribution in [1.29, 1.82) is 0 Å². The van der Waals surface area contributed by atoms with Crippen molar-refractivity contribution in [3.63, 3.8) is 0 Å². The standard InChI is InChI=1S/C12H13NO4/c14-11(15)8-6-9(12(16)17)13-10(8)7-4-2-1-3-5-7/h1-5,8-10,13H,6H2,(H,14,15)(H,16,17)/t8-,9+,10-/m1/s1. The van der Waals surface area contributed by atoms with E-state index in [4.69, 9.17) is 10.2 Å². The minimum absolute atomic E-state index is 0.115. The highest BCUT2D eigenvalue weighted by molar-refractivity contribution is 5.78. The van der Waals surface area contributed by atoms with Crippen LogP contribution in [0.15, 0.2) is 30.3 Å². The van der Waals surface area contributed by atoms with Crippen LogP contribution >= 0.6 is 0 Å². The van der Waals surface area contributed by atoms with Crippen LogP contribution in [0.25, 0.3) is 0 Å². The molecular formula is C12H13NO4. The van der Waals surface area contributed by atoms with Crippen LogP contribution in [0.2, 0.25) is 0 Å². The number of carboxylic acids is 2. The Kier molecular flexibility index (Phi) is 3.10. The van der Waals surface area contributed by atoms with Gasteiger partial charge in [-0.05, 0) is 12.0 Å². The fraction of sp³-hybridized carbons (Fsp3) is 0.333. The van der Waals surface area contributed by atoms with Crippen LogP contribution in [0.5, 0.6) is 0 Å². The van der Waals surface area contributed by atoms with Crippen LogP contribution in [-0.2, 0) is 9.59 Å². The lowest BCUT2D eigenvalue weighted by atomic mass is 9.94. The van der Waals surface area contributed by atoms with Crippen LogP contribution in [-0.4, -0.2) is 28.2 Å². The maximum atomic E-state index is 11.1. The van der Waals surface area contributed by atoms with Gasteiger partial charge >= 0.3 is 11.9 Å². The third kappa shape index (κ3) is 2.29. The van der Waals surface area contributed by atoms with E-state index in [1.165, 1.54) is 0 Å². The molecule has 0 saturated carbocycles. The Morgan fingerprint density at radius 2 is 1.76 bits per heavy atom. The molecule has 0 aliphatic carbocycles. The lowest BCUT2D eigenvalue weighted by Crippen LogP contribution is -2.32. The molecule has 1 heterocycles. The van der Waals surface area contributed by atoms with Crippen molar-refractivity contribution in [1.82, 2.24) is 5.32 Å². The minimum Gasteiger partial charge on any atom is -0.481 e. The molecule has 3 N–H and O–H groups in total. The Morgan fingerprint density at radius 1 is 1.12 bits per heavy atom. The first kappa shape index (κ1) is 11.6. The van der Waals surface area contributed by atoms with Crippen molar-refractivity contribution in [2.75, 3.05) is 0 Å². The summed E-state index contributed by atoms with van der Waals surface area (Å²) in [5.41, 5.74) is 0.809. The largest absolute Gasteiger partial charge is 0.481 e. The van der Waals surface area contributed by atoms with Crippen molar-refractivity contribution in [3.05, 3.63) is 35.9 Å². The van der Waals surface area contributed by atoms with E-state index >= 15 is 0 Å². The summed E-state index contributed by atoms with van der Waals surface area (Å²) in [6.45, 7) is 0. The van der Waals surface area contributed by atoms with E-state index < -0.39 is 29.9 Å². The molecule has 90 valence electrons. The number of nitrogens with one attached hydrogen (secondary N) is 1. The summed E-state index contributed by atoms with van der Waals surface area (Å²) in [5, 5.41) is 20.9. The van der Waals surface area contributed by atoms with Crippen LogP contribution in [0, 0.1) is 5.92 Å². The normalized spacial score (nSPS) is 27.9. The van der Waals surface area contributed by atoms with Crippen LogP contribution < -0.4 is 5.32 Å². The summed E-state index contributed by atoms with van der Waals surface area (Å²) in [6, 6.07) is 7.84. The number of carbonyl (C=O) groups is 2. The first-order valence-electron chi connectivity index (χ1n) is 5.36. The van der Waals surface area contributed by atoms with E-state index in [0.29, 0.717) is 0 Å². The molecule has 5 nitrogen and oxygen atoms in total. The van der Waals surface area contributed by atoms with Crippen LogP contribution in [0.1, 0.15) is 18.0 Å². The van der Waals surface area contributed by atoms with E-state index in [1.54, 1.807) is 12.1 Å². The molecule has 0 radical (unpaired) electrons. The van der Waals surface area contributed by atoms with Gasteiger partial charge in [-0.2, -0.15) is 0 Å². The summed E-state index contributed by atoms with van der Waals surface area (Å²) in [4.78, 5) is 22.0. The number of aliphatic carboxylic acids is 2. The number of carboxylic acid groups (broad SMARTS) is 2.